The van der Waals surface area contributed by atoms with E-state index in [9.17, 15) is 4.79 Å². The highest BCUT2D eigenvalue weighted by molar-refractivity contribution is 5.75. The molecule has 0 aliphatic carbocycles. The van der Waals surface area contributed by atoms with Gasteiger partial charge in [0.1, 0.15) is 6.04 Å². The third-order valence-corrected chi connectivity index (χ3v) is 1.91. The largest absolute Gasteiger partial charge is 0.468 e. The van der Waals surface area contributed by atoms with Crippen LogP contribution in [-0.2, 0) is 14.4 Å². The Labute approximate surface area is 66.0 Å². The molecule has 1 heterocycles. The molecule has 1 rings (SSSR count). The highest BCUT2D eigenvalue weighted by atomic mass is 16.7. The molecular weight excluding hydrogens is 146 g/mol. The molecule has 0 aromatic carbocycles. The quantitative estimate of drug-likeness (QED) is 0.539. The van der Waals surface area contributed by atoms with Gasteiger partial charge >= 0.3 is 5.97 Å². The van der Waals surface area contributed by atoms with Crippen molar-refractivity contribution < 1.29 is 14.4 Å². The lowest BCUT2D eigenvalue weighted by atomic mass is 10.2. The molecule has 1 aliphatic heterocycles. The molecule has 1 fully saturated rings. The maximum Gasteiger partial charge on any atom is 0.325 e. The zero-order valence-electron chi connectivity index (χ0n) is 6.87. The monoisotopic (exact) mass is 159 g/mol. The number of ether oxygens (including phenoxy) is 1. The van der Waals surface area contributed by atoms with E-state index >= 15 is 0 Å². The minimum Gasteiger partial charge on any atom is -0.468 e. The van der Waals surface area contributed by atoms with E-state index in [4.69, 9.17) is 4.84 Å². The topological polar surface area (TPSA) is 38.8 Å². The molecular formula is C7H13NO3. The number of carbonyl (C=O) groups is 1. The predicted molar refractivity (Wildman–Crippen MR) is 38.8 cm³/mol. The van der Waals surface area contributed by atoms with Gasteiger partial charge in [0.2, 0.25) is 0 Å². The lowest BCUT2D eigenvalue weighted by molar-refractivity contribution is -0.175. The molecule has 4 nitrogen and oxygen atoms in total. The first-order chi connectivity index (χ1) is 5.29. The van der Waals surface area contributed by atoms with Gasteiger partial charge in [-0.2, -0.15) is 5.06 Å². The smallest absolute Gasteiger partial charge is 0.325 e. The van der Waals surface area contributed by atoms with E-state index in [1.165, 1.54) is 7.11 Å². The van der Waals surface area contributed by atoms with Gasteiger partial charge < -0.3 is 9.57 Å². The number of hydroxylamine groups is 2. The summed E-state index contributed by atoms with van der Waals surface area (Å²) >= 11 is 0. The Morgan fingerprint density at radius 3 is 2.82 bits per heavy atom. The SMILES string of the molecule is COC(=O)C1CCCN1OC. The fourth-order valence-electron chi connectivity index (χ4n) is 1.33. The number of carbonyl (C=O) groups excluding carboxylic acids is 1. The zero-order chi connectivity index (χ0) is 8.27. The van der Waals surface area contributed by atoms with E-state index in [2.05, 4.69) is 4.74 Å². The molecule has 1 saturated heterocycles. The average Bonchev–Trinajstić information content (AvgIpc) is 2.50. The van der Waals surface area contributed by atoms with Crippen molar-refractivity contribution in [3.8, 4) is 0 Å². The molecule has 4 heteroatoms. The highest BCUT2D eigenvalue weighted by Crippen LogP contribution is 2.17. The van der Waals surface area contributed by atoms with Gasteiger partial charge in [0.05, 0.1) is 14.2 Å². The van der Waals surface area contributed by atoms with Crippen molar-refractivity contribution in [3.05, 3.63) is 0 Å². The molecule has 0 saturated carbocycles. The molecule has 1 aliphatic rings. The van der Waals surface area contributed by atoms with Crippen molar-refractivity contribution >= 4 is 5.97 Å². The molecule has 0 aromatic rings. The van der Waals surface area contributed by atoms with E-state index in [1.54, 1.807) is 12.2 Å². The number of hydrogen-bond donors (Lipinski definition) is 0. The summed E-state index contributed by atoms with van der Waals surface area (Å²) in [5, 5.41) is 1.66. The first-order valence-electron chi connectivity index (χ1n) is 3.68. The summed E-state index contributed by atoms with van der Waals surface area (Å²) in [6.07, 6.45) is 1.83. The Morgan fingerprint density at radius 1 is 1.55 bits per heavy atom. The second-order valence-electron chi connectivity index (χ2n) is 2.50. The van der Waals surface area contributed by atoms with Crippen LogP contribution in [0.15, 0.2) is 0 Å². The number of nitrogens with zero attached hydrogens (tertiary/aromatic N) is 1. The van der Waals surface area contributed by atoms with Crippen molar-refractivity contribution in [2.75, 3.05) is 20.8 Å². The lowest BCUT2D eigenvalue weighted by Crippen LogP contribution is -2.35. The minimum absolute atomic E-state index is 0.190. The van der Waals surface area contributed by atoms with Gasteiger partial charge in [-0.05, 0) is 12.8 Å². The van der Waals surface area contributed by atoms with Crippen LogP contribution in [0.3, 0.4) is 0 Å². The molecule has 0 N–H and O–H groups in total. The van der Waals surface area contributed by atoms with Crippen molar-refractivity contribution in [3.63, 3.8) is 0 Å². The molecule has 0 bridgehead atoms. The number of methoxy groups -OCH3 is 1. The molecule has 1 atom stereocenters. The summed E-state index contributed by atoms with van der Waals surface area (Å²) in [6, 6.07) is -0.190. The van der Waals surface area contributed by atoms with Crippen LogP contribution in [0.25, 0.3) is 0 Å². The van der Waals surface area contributed by atoms with Crippen LogP contribution in [0.5, 0.6) is 0 Å². The summed E-state index contributed by atoms with van der Waals surface area (Å²) in [5.41, 5.74) is 0. The van der Waals surface area contributed by atoms with Crippen LogP contribution in [0.4, 0.5) is 0 Å². The first kappa shape index (κ1) is 8.49. The third-order valence-electron chi connectivity index (χ3n) is 1.91. The van der Waals surface area contributed by atoms with Crippen LogP contribution in [0.2, 0.25) is 0 Å². The maximum absolute atomic E-state index is 11.0. The van der Waals surface area contributed by atoms with Crippen LogP contribution in [0.1, 0.15) is 12.8 Å². The molecule has 0 aromatic heterocycles. The van der Waals surface area contributed by atoms with Gasteiger partial charge in [-0.1, -0.05) is 0 Å². The van der Waals surface area contributed by atoms with Crippen LogP contribution in [-0.4, -0.2) is 37.8 Å². The van der Waals surface area contributed by atoms with Crippen molar-refractivity contribution in [1.29, 1.82) is 0 Å². The van der Waals surface area contributed by atoms with Gasteiger partial charge in [0.25, 0.3) is 0 Å². The van der Waals surface area contributed by atoms with Crippen molar-refractivity contribution in [2.45, 2.75) is 18.9 Å². The third kappa shape index (κ3) is 1.70. The number of rotatable bonds is 2. The Balaban J connectivity index is 2.49. The summed E-state index contributed by atoms with van der Waals surface area (Å²) < 4.78 is 4.61. The van der Waals surface area contributed by atoms with Gasteiger partial charge in [0, 0.05) is 6.54 Å². The number of hydrogen-bond acceptors (Lipinski definition) is 4. The van der Waals surface area contributed by atoms with E-state index < -0.39 is 0 Å². The standard InChI is InChI=1S/C7H13NO3/c1-10-7(9)6-4-3-5-8(6)11-2/h6H,3-5H2,1-2H3. The molecule has 1 unspecified atom stereocenters. The molecule has 0 amide bonds. The fraction of sp³-hybridized carbons (Fsp3) is 0.857. The maximum atomic E-state index is 11.0. The van der Waals surface area contributed by atoms with E-state index in [0.717, 1.165) is 19.4 Å². The van der Waals surface area contributed by atoms with Crippen LogP contribution in [0, 0.1) is 0 Å². The Morgan fingerprint density at radius 2 is 2.27 bits per heavy atom. The average molecular weight is 159 g/mol. The van der Waals surface area contributed by atoms with Gasteiger partial charge in [0.15, 0.2) is 0 Å². The lowest BCUT2D eigenvalue weighted by Gasteiger charge is -2.18. The molecule has 0 radical (unpaired) electrons. The van der Waals surface area contributed by atoms with Crippen LogP contribution >= 0.6 is 0 Å². The first-order valence-corrected chi connectivity index (χ1v) is 3.68. The van der Waals surface area contributed by atoms with Crippen LogP contribution < -0.4 is 0 Å². The summed E-state index contributed by atoms with van der Waals surface area (Å²) in [6.45, 7) is 0.816. The molecule has 0 spiro atoms. The van der Waals surface area contributed by atoms with Gasteiger partial charge in [-0.3, -0.25) is 4.79 Å². The van der Waals surface area contributed by atoms with E-state index in [-0.39, 0.29) is 12.0 Å². The normalized spacial score (nSPS) is 25.5. The summed E-state index contributed by atoms with van der Waals surface area (Å²) in [7, 11) is 2.97. The van der Waals surface area contributed by atoms with E-state index in [1.807, 2.05) is 0 Å². The minimum atomic E-state index is -0.204. The highest BCUT2D eigenvalue weighted by Gasteiger charge is 2.31. The molecule has 11 heavy (non-hydrogen) atoms. The Hall–Kier alpha value is -0.610. The van der Waals surface area contributed by atoms with E-state index in [0.29, 0.717) is 0 Å². The van der Waals surface area contributed by atoms with Gasteiger partial charge in [-0.15, -0.1) is 0 Å². The summed E-state index contributed by atoms with van der Waals surface area (Å²) in [5.74, 6) is -0.204. The van der Waals surface area contributed by atoms with Gasteiger partial charge in [-0.25, -0.2) is 0 Å². The summed E-state index contributed by atoms with van der Waals surface area (Å²) in [4.78, 5) is 16.0. The second kappa shape index (κ2) is 3.69. The fourth-order valence-corrected chi connectivity index (χ4v) is 1.33. The van der Waals surface area contributed by atoms with Crippen molar-refractivity contribution in [1.82, 2.24) is 5.06 Å². The van der Waals surface area contributed by atoms with Crippen molar-refractivity contribution in [2.24, 2.45) is 0 Å². The Bertz CT molecular complexity index is 149. The predicted octanol–water partition coefficient (Wildman–Crippen LogP) is 0.185. The zero-order valence-corrected chi connectivity index (χ0v) is 6.87. The second-order valence-corrected chi connectivity index (χ2v) is 2.50. The Kier molecular flexibility index (Phi) is 2.84. The number of esters is 1. The molecule has 64 valence electrons.